The number of hydrogen-bond donors (Lipinski definition) is 1. The topological polar surface area (TPSA) is 79.0 Å². The Labute approximate surface area is 217 Å². The molecule has 0 radical (unpaired) electrons. The van der Waals surface area contributed by atoms with Crippen molar-refractivity contribution in [3.8, 4) is 0 Å². The van der Waals surface area contributed by atoms with Crippen molar-refractivity contribution in [2.45, 2.75) is 24.3 Å². The zero-order valence-corrected chi connectivity index (χ0v) is 21.5. The van der Waals surface area contributed by atoms with E-state index in [4.69, 9.17) is 16.3 Å². The fourth-order valence-electron chi connectivity index (χ4n) is 3.99. The Balaban J connectivity index is 1.46. The Morgan fingerprint density at radius 3 is 2.25 bits per heavy atom. The lowest BCUT2D eigenvalue weighted by molar-refractivity contribution is 0.0126. The monoisotopic (exact) mass is 527 g/mol. The van der Waals surface area contributed by atoms with Crippen molar-refractivity contribution in [3.63, 3.8) is 0 Å². The number of ether oxygens (including phenoxy) is 1. The number of aryl methyl sites for hydroxylation is 1. The summed E-state index contributed by atoms with van der Waals surface area (Å²) < 4.78 is 33.8. The van der Waals surface area contributed by atoms with E-state index in [0.29, 0.717) is 49.9 Å². The van der Waals surface area contributed by atoms with Crippen LogP contribution in [0.5, 0.6) is 0 Å². The average Bonchev–Trinajstić information content (AvgIpc) is 2.90. The molecule has 36 heavy (non-hydrogen) atoms. The standard InChI is InChI=1S/C27H30ClN3O4S/c28-25-12-14-26(15-13-25)36(33,34)31(16-4-7-22-5-2-1-3-6-22)21-23-8-10-24(11-9-23)27(32)29-30-17-19-35-20-18-30/h1-3,5-6,8-15H,4,7,16-21H2,(H,29,32). The van der Waals surface area contributed by atoms with E-state index in [2.05, 4.69) is 5.43 Å². The molecule has 1 aliphatic rings. The number of hydrogen-bond acceptors (Lipinski definition) is 5. The molecule has 0 atom stereocenters. The van der Waals surface area contributed by atoms with Crippen molar-refractivity contribution in [1.82, 2.24) is 14.7 Å². The average molecular weight is 528 g/mol. The number of nitrogens with one attached hydrogen (secondary N) is 1. The van der Waals surface area contributed by atoms with Gasteiger partial charge in [-0.3, -0.25) is 10.2 Å². The van der Waals surface area contributed by atoms with Gasteiger partial charge in [0.25, 0.3) is 5.91 Å². The van der Waals surface area contributed by atoms with E-state index in [0.717, 1.165) is 17.5 Å². The van der Waals surface area contributed by atoms with Crippen LogP contribution in [0, 0.1) is 0 Å². The first-order valence-electron chi connectivity index (χ1n) is 11.9. The van der Waals surface area contributed by atoms with Gasteiger partial charge in [0.2, 0.25) is 10.0 Å². The summed E-state index contributed by atoms with van der Waals surface area (Å²) in [5, 5.41) is 2.32. The Kier molecular flexibility index (Phi) is 9.12. The third kappa shape index (κ3) is 7.15. The lowest BCUT2D eigenvalue weighted by atomic mass is 10.1. The number of morpholine rings is 1. The zero-order chi connectivity index (χ0) is 25.4. The maximum absolute atomic E-state index is 13.5. The molecule has 1 N–H and O–H groups in total. The number of hydrazine groups is 1. The Morgan fingerprint density at radius 1 is 0.917 bits per heavy atom. The molecule has 1 heterocycles. The van der Waals surface area contributed by atoms with Crippen LogP contribution in [0.25, 0.3) is 0 Å². The van der Waals surface area contributed by atoms with Crippen LogP contribution in [0.15, 0.2) is 83.8 Å². The van der Waals surface area contributed by atoms with Crippen molar-refractivity contribution in [2.24, 2.45) is 0 Å². The smallest absolute Gasteiger partial charge is 0.265 e. The number of benzene rings is 3. The van der Waals surface area contributed by atoms with Crippen molar-refractivity contribution in [2.75, 3.05) is 32.8 Å². The second-order valence-corrected chi connectivity index (χ2v) is 11.0. The molecule has 7 nitrogen and oxygen atoms in total. The molecule has 0 spiro atoms. The first-order chi connectivity index (χ1) is 17.4. The number of carbonyl (C=O) groups excluding carboxylic acids is 1. The predicted octanol–water partition coefficient (Wildman–Crippen LogP) is 4.14. The van der Waals surface area contributed by atoms with Gasteiger partial charge in [0.05, 0.1) is 18.1 Å². The van der Waals surface area contributed by atoms with Crippen molar-refractivity contribution < 1.29 is 17.9 Å². The van der Waals surface area contributed by atoms with Gasteiger partial charge in [-0.25, -0.2) is 13.4 Å². The summed E-state index contributed by atoms with van der Waals surface area (Å²) in [7, 11) is -3.74. The number of nitrogens with zero attached hydrogens (tertiary/aromatic N) is 2. The Bertz CT molecular complexity index is 1230. The highest BCUT2D eigenvalue weighted by atomic mass is 35.5. The molecule has 1 saturated heterocycles. The summed E-state index contributed by atoms with van der Waals surface area (Å²) in [6.07, 6.45) is 1.45. The predicted molar refractivity (Wildman–Crippen MR) is 140 cm³/mol. The fourth-order valence-corrected chi connectivity index (χ4v) is 5.59. The lowest BCUT2D eigenvalue weighted by Gasteiger charge is -2.27. The van der Waals surface area contributed by atoms with Gasteiger partial charge in [-0.05, 0) is 60.4 Å². The minimum Gasteiger partial charge on any atom is -0.379 e. The number of amides is 1. The van der Waals surface area contributed by atoms with Gasteiger partial charge in [-0.15, -0.1) is 0 Å². The molecule has 190 valence electrons. The van der Waals surface area contributed by atoms with E-state index in [1.165, 1.54) is 16.4 Å². The molecule has 0 aromatic heterocycles. The van der Waals surface area contributed by atoms with Gasteiger partial charge in [-0.1, -0.05) is 54.1 Å². The molecule has 1 amide bonds. The van der Waals surface area contributed by atoms with Crippen molar-refractivity contribution in [1.29, 1.82) is 0 Å². The third-order valence-corrected chi connectivity index (χ3v) is 8.12. The van der Waals surface area contributed by atoms with E-state index in [1.54, 1.807) is 36.4 Å². The van der Waals surface area contributed by atoms with Gasteiger partial charge >= 0.3 is 0 Å². The van der Waals surface area contributed by atoms with Crippen LogP contribution in [0.1, 0.15) is 27.9 Å². The quantitative estimate of drug-likeness (QED) is 0.429. The first kappa shape index (κ1) is 26.3. The Hall–Kier alpha value is -2.75. The molecule has 0 saturated carbocycles. The molecular formula is C27H30ClN3O4S. The lowest BCUT2D eigenvalue weighted by Crippen LogP contribution is -2.48. The van der Waals surface area contributed by atoms with Crippen LogP contribution in [0.4, 0.5) is 0 Å². The molecule has 1 fully saturated rings. The largest absolute Gasteiger partial charge is 0.379 e. The molecule has 0 bridgehead atoms. The molecule has 9 heteroatoms. The van der Waals surface area contributed by atoms with Gasteiger partial charge in [0.15, 0.2) is 0 Å². The number of rotatable bonds is 10. The normalized spacial score (nSPS) is 14.6. The van der Waals surface area contributed by atoms with E-state index in [-0.39, 0.29) is 17.3 Å². The van der Waals surface area contributed by atoms with E-state index in [9.17, 15) is 13.2 Å². The van der Waals surface area contributed by atoms with Crippen molar-refractivity contribution >= 4 is 27.5 Å². The minimum absolute atomic E-state index is 0.197. The summed E-state index contributed by atoms with van der Waals surface area (Å²) >= 11 is 5.97. The minimum atomic E-state index is -3.74. The molecule has 1 aliphatic heterocycles. The maximum Gasteiger partial charge on any atom is 0.265 e. The van der Waals surface area contributed by atoms with Gasteiger partial charge in [0.1, 0.15) is 0 Å². The van der Waals surface area contributed by atoms with Gasteiger partial charge < -0.3 is 4.74 Å². The van der Waals surface area contributed by atoms with Gasteiger partial charge in [0, 0.05) is 36.8 Å². The van der Waals surface area contributed by atoms with E-state index >= 15 is 0 Å². The highest BCUT2D eigenvalue weighted by molar-refractivity contribution is 7.89. The highest BCUT2D eigenvalue weighted by Crippen LogP contribution is 2.22. The molecule has 4 rings (SSSR count). The van der Waals surface area contributed by atoms with Crippen LogP contribution < -0.4 is 5.43 Å². The second-order valence-electron chi connectivity index (χ2n) is 8.62. The first-order valence-corrected chi connectivity index (χ1v) is 13.8. The molecule has 0 unspecified atom stereocenters. The highest BCUT2D eigenvalue weighted by Gasteiger charge is 2.24. The SMILES string of the molecule is O=C(NN1CCOCC1)c1ccc(CN(CCCc2ccccc2)S(=O)(=O)c2ccc(Cl)cc2)cc1. The maximum atomic E-state index is 13.5. The number of carbonyl (C=O) groups is 1. The molecule has 3 aromatic rings. The summed E-state index contributed by atoms with van der Waals surface area (Å²) in [5.41, 5.74) is 5.37. The molecule has 0 aliphatic carbocycles. The van der Waals surface area contributed by atoms with Crippen LogP contribution in [0.2, 0.25) is 5.02 Å². The van der Waals surface area contributed by atoms with Gasteiger partial charge in [-0.2, -0.15) is 4.31 Å². The number of halogens is 1. The second kappa shape index (κ2) is 12.5. The zero-order valence-electron chi connectivity index (χ0n) is 20.0. The molecule has 3 aromatic carbocycles. The van der Waals surface area contributed by atoms with Crippen LogP contribution in [0.3, 0.4) is 0 Å². The Morgan fingerprint density at radius 2 is 1.58 bits per heavy atom. The van der Waals surface area contributed by atoms with E-state index < -0.39 is 10.0 Å². The summed E-state index contributed by atoms with van der Waals surface area (Å²) in [5.74, 6) is -0.197. The van der Waals surface area contributed by atoms with E-state index in [1.807, 2.05) is 35.3 Å². The van der Waals surface area contributed by atoms with Crippen molar-refractivity contribution in [3.05, 3.63) is 101 Å². The van der Waals surface area contributed by atoms with Crippen LogP contribution in [-0.4, -0.2) is 56.5 Å². The fraction of sp³-hybridized carbons (Fsp3) is 0.296. The third-order valence-electron chi connectivity index (χ3n) is 6.01. The molecular weight excluding hydrogens is 498 g/mol. The number of sulfonamides is 1. The van der Waals surface area contributed by atoms with Crippen LogP contribution >= 0.6 is 11.6 Å². The van der Waals surface area contributed by atoms with Crippen LogP contribution in [-0.2, 0) is 27.7 Å². The summed E-state index contributed by atoms with van der Waals surface area (Å²) in [4.78, 5) is 12.8. The summed E-state index contributed by atoms with van der Waals surface area (Å²) in [6.45, 7) is 3.02. The summed E-state index contributed by atoms with van der Waals surface area (Å²) in [6, 6.07) is 23.3.